The maximum atomic E-state index is 9.98. The van der Waals surface area contributed by atoms with Crippen LogP contribution >= 0.6 is 12.1 Å². The number of hydrogen-bond donors (Lipinski definition) is 0. The lowest BCUT2D eigenvalue weighted by molar-refractivity contribution is 0.415. The summed E-state index contributed by atoms with van der Waals surface area (Å²) in [5.74, 6) is 0.798. The highest BCUT2D eigenvalue weighted by Crippen LogP contribution is 2.37. The van der Waals surface area contributed by atoms with Gasteiger partial charge in [-0.15, -0.1) is 0 Å². The quantitative estimate of drug-likeness (QED) is 0.330. The first-order valence-corrected chi connectivity index (χ1v) is 11.9. The molecule has 2 heterocycles. The largest absolute Gasteiger partial charge is 0.497 e. The Morgan fingerprint density at radius 2 is 1.79 bits per heavy atom. The molecule has 5 nitrogen and oxygen atoms in total. The van der Waals surface area contributed by atoms with Crippen molar-refractivity contribution in [2.45, 2.75) is 20.0 Å². The van der Waals surface area contributed by atoms with Crippen LogP contribution < -0.4 is 9.04 Å². The number of methoxy groups -OCH3 is 1. The maximum absolute atomic E-state index is 9.98. The molecule has 0 N–H and O–H groups in total. The summed E-state index contributed by atoms with van der Waals surface area (Å²) in [5, 5.41) is 10.9. The van der Waals surface area contributed by atoms with Gasteiger partial charge in [0.1, 0.15) is 11.8 Å². The average Bonchev–Trinajstić information content (AvgIpc) is 3.46. The van der Waals surface area contributed by atoms with Gasteiger partial charge in [0.2, 0.25) is 0 Å². The monoisotopic (exact) mass is 454 g/mol. The van der Waals surface area contributed by atoms with E-state index in [-0.39, 0.29) is 0 Å². The maximum Gasteiger partial charge on any atom is 0.120 e. The van der Waals surface area contributed by atoms with E-state index in [0.29, 0.717) is 5.56 Å². The first kappa shape index (κ1) is 21.4. The number of aryl methyl sites for hydroxylation is 1. The van der Waals surface area contributed by atoms with Crippen molar-refractivity contribution in [2.24, 2.45) is 0 Å². The van der Waals surface area contributed by atoms with Crippen LogP contribution in [0.15, 0.2) is 72.8 Å². The van der Waals surface area contributed by atoms with Gasteiger partial charge in [-0.1, -0.05) is 42.5 Å². The Bertz CT molecular complexity index is 1310. The fourth-order valence-electron chi connectivity index (χ4n) is 4.48. The number of fused-ring (bicyclic) bond motifs is 1. The van der Waals surface area contributed by atoms with Crippen molar-refractivity contribution in [3.63, 3.8) is 0 Å². The second-order valence-corrected chi connectivity index (χ2v) is 9.16. The van der Waals surface area contributed by atoms with Crippen LogP contribution in [0.2, 0.25) is 0 Å². The lowest BCUT2D eigenvalue weighted by Gasteiger charge is -2.18. The van der Waals surface area contributed by atoms with Crippen molar-refractivity contribution in [1.29, 1.82) is 5.26 Å². The molecule has 1 fully saturated rings. The van der Waals surface area contributed by atoms with Crippen LogP contribution in [0.25, 0.3) is 22.2 Å². The molecule has 4 aromatic rings. The van der Waals surface area contributed by atoms with E-state index >= 15 is 0 Å². The molecule has 0 amide bonds. The molecule has 6 heteroatoms. The van der Waals surface area contributed by atoms with E-state index in [1.54, 1.807) is 19.2 Å². The first-order valence-electron chi connectivity index (χ1n) is 11.2. The Balaban J connectivity index is 1.41. The number of anilines is 1. The fourth-order valence-corrected chi connectivity index (χ4v) is 5.51. The van der Waals surface area contributed by atoms with Crippen LogP contribution in [0.3, 0.4) is 0 Å². The number of ether oxygens (including phenoxy) is 1. The molecule has 3 aromatic carbocycles. The van der Waals surface area contributed by atoms with E-state index in [0.717, 1.165) is 54.1 Å². The van der Waals surface area contributed by atoms with E-state index in [4.69, 9.17) is 4.74 Å². The Labute approximate surface area is 199 Å². The zero-order valence-corrected chi connectivity index (χ0v) is 19.7. The molecule has 0 bridgehead atoms. The molecule has 0 aliphatic carbocycles. The average molecular weight is 455 g/mol. The van der Waals surface area contributed by atoms with Crippen molar-refractivity contribution in [2.75, 3.05) is 24.5 Å². The predicted octanol–water partition coefficient (Wildman–Crippen LogP) is 6.09. The minimum Gasteiger partial charge on any atom is -0.497 e. The fraction of sp³-hybridized carbons (Fsp3) is 0.222. The van der Waals surface area contributed by atoms with Crippen LogP contribution in [0.4, 0.5) is 5.69 Å². The molecule has 0 spiro atoms. The summed E-state index contributed by atoms with van der Waals surface area (Å²) < 4.78 is 12.3. The third-order valence-corrected chi connectivity index (χ3v) is 7.23. The molecule has 0 unspecified atom stereocenters. The molecule has 1 aromatic heterocycles. The first-order chi connectivity index (χ1) is 16.2. The second-order valence-electron chi connectivity index (χ2n) is 8.04. The van der Waals surface area contributed by atoms with Crippen LogP contribution in [-0.4, -0.2) is 29.1 Å². The topological polar surface area (TPSA) is 44.4 Å². The molecule has 5 rings (SSSR count). The van der Waals surface area contributed by atoms with E-state index in [9.17, 15) is 5.26 Å². The minimum absolute atomic E-state index is 0.715. The standard InChI is InChI=1S/C27H26N4OS/c1-3-30-26-17-23(32-2)13-14-24(26)25(18-28)27(30)21-9-11-22(12-10-21)31-16-15-29(33-31)19-20-7-5-4-6-8-20/h4-14,17H,3,15-16,19H2,1-2H3. The van der Waals surface area contributed by atoms with Crippen molar-refractivity contribution >= 4 is 28.7 Å². The SMILES string of the molecule is CCn1c(-c2ccc(N3CCN(Cc4ccccc4)S3)cc2)c(C#N)c2ccc(OC)cc21. The van der Waals surface area contributed by atoms with Gasteiger partial charge in [-0.2, -0.15) is 5.26 Å². The molecular formula is C27H26N4OS. The number of benzene rings is 3. The van der Waals surface area contributed by atoms with Gasteiger partial charge >= 0.3 is 0 Å². The highest BCUT2D eigenvalue weighted by atomic mass is 32.2. The molecule has 1 saturated heterocycles. The number of nitriles is 1. The summed E-state index contributed by atoms with van der Waals surface area (Å²) in [6.45, 7) is 5.83. The summed E-state index contributed by atoms with van der Waals surface area (Å²) in [4.78, 5) is 0. The molecule has 0 atom stereocenters. The number of nitrogens with zero attached hydrogens (tertiary/aromatic N) is 4. The normalized spacial score (nSPS) is 14.0. The third kappa shape index (κ3) is 4.06. The number of hydrogen-bond acceptors (Lipinski definition) is 5. The van der Waals surface area contributed by atoms with Crippen LogP contribution in [0, 0.1) is 11.3 Å². The summed E-state index contributed by atoms with van der Waals surface area (Å²) in [7, 11) is 1.67. The summed E-state index contributed by atoms with van der Waals surface area (Å²) in [6.07, 6.45) is 0. The van der Waals surface area contributed by atoms with Gasteiger partial charge in [0, 0.05) is 55.5 Å². The molecular weight excluding hydrogens is 428 g/mol. The van der Waals surface area contributed by atoms with Crippen molar-refractivity contribution in [1.82, 2.24) is 8.87 Å². The van der Waals surface area contributed by atoms with Gasteiger partial charge in [0.25, 0.3) is 0 Å². The highest BCUT2D eigenvalue weighted by molar-refractivity contribution is 7.98. The van der Waals surface area contributed by atoms with Gasteiger partial charge in [0.15, 0.2) is 0 Å². The highest BCUT2D eigenvalue weighted by Gasteiger charge is 2.23. The Hall–Kier alpha value is -3.40. The molecule has 33 heavy (non-hydrogen) atoms. The Morgan fingerprint density at radius 3 is 2.48 bits per heavy atom. The van der Waals surface area contributed by atoms with E-state index in [1.165, 1.54) is 11.3 Å². The summed E-state index contributed by atoms with van der Waals surface area (Å²) in [5.41, 5.74) is 6.27. The Kier molecular flexibility index (Phi) is 5.99. The van der Waals surface area contributed by atoms with Crippen LogP contribution in [0.1, 0.15) is 18.1 Å². The van der Waals surface area contributed by atoms with Crippen molar-refractivity contribution in [3.8, 4) is 23.1 Å². The molecule has 1 aliphatic heterocycles. The lowest BCUT2D eigenvalue weighted by Crippen LogP contribution is -2.11. The molecule has 166 valence electrons. The molecule has 1 aliphatic rings. The van der Waals surface area contributed by atoms with Crippen LogP contribution in [0.5, 0.6) is 5.75 Å². The van der Waals surface area contributed by atoms with Crippen molar-refractivity contribution < 1.29 is 4.74 Å². The summed E-state index contributed by atoms with van der Waals surface area (Å²) in [6, 6.07) is 27.5. The van der Waals surface area contributed by atoms with Gasteiger partial charge < -0.3 is 13.6 Å². The van der Waals surface area contributed by atoms with Crippen LogP contribution in [-0.2, 0) is 13.1 Å². The second kappa shape index (κ2) is 9.22. The molecule has 0 saturated carbocycles. The number of aromatic nitrogens is 1. The minimum atomic E-state index is 0.715. The lowest BCUT2D eigenvalue weighted by atomic mass is 10.1. The Morgan fingerprint density at radius 1 is 1.00 bits per heavy atom. The van der Waals surface area contributed by atoms with Gasteiger partial charge in [-0.3, -0.25) is 0 Å². The summed E-state index contributed by atoms with van der Waals surface area (Å²) >= 11 is 1.78. The van der Waals surface area contributed by atoms with E-state index in [2.05, 4.69) is 80.8 Å². The van der Waals surface area contributed by atoms with E-state index < -0.39 is 0 Å². The molecule has 0 radical (unpaired) electrons. The smallest absolute Gasteiger partial charge is 0.120 e. The van der Waals surface area contributed by atoms with E-state index in [1.807, 2.05) is 18.2 Å². The van der Waals surface area contributed by atoms with Gasteiger partial charge in [-0.05, 0) is 42.3 Å². The third-order valence-electron chi connectivity index (χ3n) is 6.10. The zero-order chi connectivity index (χ0) is 22.8. The van der Waals surface area contributed by atoms with Gasteiger partial charge in [0.05, 0.1) is 23.9 Å². The van der Waals surface area contributed by atoms with Gasteiger partial charge in [-0.25, -0.2) is 4.31 Å². The van der Waals surface area contributed by atoms with Crippen molar-refractivity contribution in [3.05, 3.63) is 83.9 Å². The number of rotatable bonds is 6. The zero-order valence-electron chi connectivity index (χ0n) is 18.9. The predicted molar refractivity (Wildman–Crippen MR) is 136 cm³/mol.